The smallest absolute Gasteiger partial charge is 0.319 e. The minimum absolute atomic E-state index is 0.118. The van der Waals surface area contributed by atoms with Gasteiger partial charge in [-0.05, 0) is 62.4 Å². The van der Waals surface area contributed by atoms with E-state index < -0.39 is 0 Å². The van der Waals surface area contributed by atoms with E-state index in [0.29, 0.717) is 18.8 Å². The van der Waals surface area contributed by atoms with Gasteiger partial charge in [-0.1, -0.05) is 0 Å². The van der Waals surface area contributed by atoms with E-state index >= 15 is 0 Å². The average Bonchev–Trinajstić information content (AvgIpc) is 2.60. The molecule has 0 fully saturated rings. The molecule has 2 N–H and O–H groups in total. The number of benzene rings is 2. The number of urea groups is 1. The number of rotatable bonds is 8. The summed E-state index contributed by atoms with van der Waals surface area (Å²) in [6, 6.07) is 14.2. The predicted octanol–water partition coefficient (Wildman–Crippen LogP) is 3.68. The van der Waals surface area contributed by atoms with Crippen molar-refractivity contribution in [2.24, 2.45) is 0 Å². The van der Waals surface area contributed by atoms with Gasteiger partial charge in [0.15, 0.2) is 0 Å². The molecule has 0 unspecified atom stereocenters. The molecular formula is C19H24N2O4. The second kappa shape index (κ2) is 9.42. The van der Waals surface area contributed by atoms with E-state index in [1.165, 1.54) is 0 Å². The summed E-state index contributed by atoms with van der Waals surface area (Å²) < 4.78 is 16.2. The highest BCUT2D eigenvalue weighted by atomic mass is 16.5. The van der Waals surface area contributed by atoms with Gasteiger partial charge in [-0.2, -0.15) is 0 Å². The van der Waals surface area contributed by atoms with Gasteiger partial charge in [0.05, 0.1) is 19.8 Å². The maximum Gasteiger partial charge on any atom is 0.319 e. The van der Waals surface area contributed by atoms with Gasteiger partial charge in [-0.15, -0.1) is 0 Å². The summed E-state index contributed by atoms with van der Waals surface area (Å²) in [6.07, 6.45) is 0.118. The fourth-order valence-corrected chi connectivity index (χ4v) is 2.07. The highest BCUT2D eigenvalue weighted by Crippen LogP contribution is 2.17. The lowest BCUT2D eigenvalue weighted by molar-refractivity contribution is 0.242. The average molecular weight is 344 g/mol. The molecule has 2 aromatic carbocycles. The Bertz CT molecular complexity index is 654. The molecule has 0 saturated carbocycles. The third kappa shape index (κ3) is 6.63. The number of hydrogen-bond donors (Lipinski definition) is 2. The first-order valence-corrected chi connectivity index (χ1v) is 8.15. The third-order valence-corrected chi connectivity index (χ3v) is 3.20. The molecule has 0 aliphatic rings. The van der Waals surface area contributed by atoms with Gasteiger partial charge in [0, 0.05) is 5.69 Å². The topological polar surface area (TPSA) is 68.8 Å². The van der Waals surface area contributed by atoms with Crippen molar-refractivity contribution in [3.63, 3.8) is 0 Å². The van der Waals surface area contributed by atoms with Crippen LogP contribution in [-0.2, 0) is 0 Å². The largest absolute Gasteiger partial charge is 0.497 e. The van der Waals surface area contributed by atoms with Gasteiger partial charge >= 0.3 is 6.03 Å². The maximum absolute atomic E-state index is 11.8. The Morgan fingerprint density at radius 2 is 1.56 bits per heavy atom. The second-order valence-electron chi connectivity index (χ2n) is 5.60. The summed E-state index contributed by atoms with van der Waals surface area (Å²) in [5.41, 5.74) is 0.699. The minimum Gasteiger partial charge on any atom is -0.497 e. The van der Waals surface area contributed by atoms with Crippen molar-refractivity contribution in [2.75, 3.05) is 25.6 Å². The van der Waals surface area contributed by atoms with Gasteiger partial charge in [-0.3, -0.25) is 0 Å². The molecule has 6 nitrogen and oxygen atoms in total. The molecule has 0 aromatic heterocycles. The zero-order chi connectivity index (χ0) is 18.1. The van der Waals surface area contributed by atoms with Crippen molar-refractivity contribution in [1.29, 1.82) is 0 Å². The van der Waals surface area contributed by atoms with Crippen LogP contribution in [0.15, 0.2) is 48.5 Å². The van der Waals surface area contributed by atoms with E-state index in [-0.39, 0.29) is 12.1 Å². The Kier molecular flexibility index (Phi) is 6.95. The van der Waals surface area contributed by atoms with Crippen LogP contribution in [0.1, 0.15) is 13.8 Å². The van der Waals surface area contributed by atoms with Crippen LogP contribution in [-0.4, -0.2) is 32.4 Å². The molecule has 2 rings (SSSR count). The molecule has 2 aromatic rings. The summed E-state index contributed by atoms with van der Waals surface area (Å²) in [5, 5.41) is 5.50. The summed E-state index contributed by atoms with van der Waals surface area (Å²) in [5.74, 6) is 2.27. The first kappa shape index (κ1) is 18.4. The molecular weight excluding hydrogens is 320 g/mol. The van der Waals surface area contributed by atoms with Crippen molar-refractivity contribution >= 4 is 11.7 Å². The van der Waals surface area contributed by atoms with E-state index in [1.807, 2.05) is 50.2 Å². The lowest BCUT2D eigenvalue weighted by Gasteiger charge is -2.11. The molecule has 134 valence electrons. The van der Waals surface area contributed by atoms with Crippen LogP contribution in [0.2, 0.25) is 0 Å². The van der Waals surface area contributed by atoms with Gasteiger partial charge in [0.2, 0.25) is 0 Å². The summed E-state index contributed by atoms with van der Waals surface area (Å²) in [7, 11) is 1.61. The van der Waals surface area contributed by atoms with Crippen LogP contribution in [0, 0.1) is 0 Å². The molecule has 6 heteroatoms. The van der Waals surface area contributed by atoms with Gasteiger partial charge in [0.25, 0.3) is 0 Å². The van der Waals surface area contributed by atoms with Gasteiger partial charge < -0.3 is 24.8 Å². The van der Waals surface area contributed by atoms with Crippen LogP contribution in [0.5, 0.6) is 17.2 Å². The highest BCUT2D eigenvalue weighted by molar-refractivity contribution is 5.89. The Morgan fingerprint density at radius 1 is 0.960 bits per heavy atom. The van der Waals surface area contributed by atoms with Crippen LogP contribution >= 0.6 is 0 Å². The van der Waals surface area contributed by atoms with Gasteiger partial charge in [0.1, 0.15) is 23.9 Å². The summed E-state index contributed by atoms with van der Waals surface area (Å²) in [6.45, 7) is 4.70. The molecule has 0 bridgehead atoms. The Labute approximate surface area is 148 Å². The van der Waals surface area contributed by atoms with Crippen molar-refractivity contribution in [1.82, 2.24) is 5.32 Å². The van der Waals surface area contributed by atoms with Crippen molar-refractivity contribution in [2.45, 2.75) is 20.0 Å². The number of amides is 2. The number of ether oxygens (including phenoxy) is 3. The molecule has 0 atom stereocenters. The fraction of sp³-hybridized carbons (Fsp3) is 0.316. The molecule has 0 saturated heterocycles. The number of carbonyl (C=O) groups is 1. The number of nitrogens with one attached hydrogen (secondary N) is 2. The molecule has 0 aliphatic heterocycles. The maximum atomic E-state index is 11.8. The van der Waals surface area contributed by atoms with E-state index in [9.17, 15) is 4.79 Å². The van der Waals surface area contributed by atoms with E-state index in [2.05, 4.69) is 10.6 Å². The van der Waals surface area contributed by atoms with Crippen LogP contribution in [0.3, 0.4) is 0 Å². The monoisotopic (exact) mass is 344 g/mol. The molecule has 25 heavy (non-hydrogen) atoms. The summed E-state index contributed by atoms with van der Waals surface area (Å²) >= 11 is 0. The SMILES string of the molecule is COc1ccc(OCCNC(=O)Nc2ccc(OC(C)C)cc2)cc1. The lowest BCUT2D eigenvalue weighted by Crippen LogP contribution is -2.32. The van der Waals surface area contributed by atoms with Crippen LogP contribution < -0.4 is 24.8 Å². The first-order valence-electron chi connectivity index (χ1n) is 8.15. The highest BCUT2D eigenvalue weighted by Gasteiger charge is 2.03. The predicted molar refractivity (Wildman–Crippen MR) is 97.7 cm³/mol. The molecule has 0 heterocycles. The number of hydrogen-bond acceptors (Lipinski definition) is 4. The van der Waals surface area contributed by atoms with Gasteiger partial charge in [-0.25, -0.2) is 4.79 Å². The third-order valence-electron chi connectivity index (χ3n) is 3.20. The fourth-order valence-electron chi connectivity index (χ4n) is 2.07. The number of methoxy groups -OCH3 is 1. The van der Waals surface area contributed by atoms with Crippen LogP contribution in [0.25, 0.3) is 0 Å². The Hall–Kier alpha value is -2.89. The normalized spacial score (nSPS) is 10.2. The van der Waals surface area contributed by atoms with Crippen molar-refractivity contribution < 1.29 is 19.0 Å². The molecule has 0 spiro atoms. The zero-order valence-electron chi connectivity index (χ0n) is 14.7. The minimum atomic E-state index is -0.282. The summed E-state index contributed by atoms with van der Waals surface area (Å²) in [4.78, 5) is 11.8. The van der Waals surface area contributed by atoms with E-state index in [1.54, 1.807) is 19.2 Å². The first-order chi connectivity index (χ1) is 12.1. The molecule has 0 radical (unpaired) electrons. The number of carbonyl (C=O) groups excluding carboxylic acids is 1. The quantitative estimate of drug-likeness (QED) is 0.717. The van der Waals surface area contributed by atoms with Crippen LogP contribution in [0.4, 0.5) is 10.5 Å². The van der Waals surface area contributed by atoms with E-state index in [0.717, 1.165) is 17.2 Å². The standard InChI is InChI=1S/C19H24N2O4/c1-14(2)25-18-6-4-15(5-7-18)21-19(22)20-12-13-24-17-10-8-16(23-3)9-11-17/h4-11,14H,12-13H2,1-3H3,(H2,20,21,22). The Morgan fingerprint density at radius 3 is 2.16 bits per heavy atom. The molecule has 2 amide bonds. The van der Waals surface area contributed by atoms with E-state index in [4.69, 9.17) is 14.2 Å². The van der Waals surface area contributed by atoms with Crippen molar-refractivity contribution in [3.8, 4) is 17.2 Å². The second-order valence-corrected chi connectivity index (χ2v) is 5.60. The lowest BCUT2D eigenvalue weighted by atomic mass is 10.3. The Balaban J connectivity index is 1.67. The molecule has 0 aliphatic carbocycles. The zero-order valence-corrected chi connectivity index (χ0v) is 14.7. The van der Waals surface area contributed by atoms with Crippen molar-refractivity contribution in [3.05, 3.63) is 48.5 Å². The number of anilines is 1.